The van der Waals surface area contributed by atoms with Gasteiger partial charge in [0.1, 0.15) is 0 Å². The maximum Gasteiger partial charge on any atom is 0.0499 e. The van der Waals surface area contributed by atoms with E-state index in [0.29, 0.717) is 0 Å². The lowest BCUT2D eigenvalue weighted by Crippen LogP contribution is -2.36. The van der Waals surface area contributed by atoms with Crippen LogP contribution >= 0.6 is 11.6 Å². The Hall–Kier alpha value is -1.03. The van der Waals surface area contributed by atoms with E-state index in [2.05, 4.69) is 24.1 Å². The topological polar surface area (TPSA) is 48.0 Å². The van der Waals surface area contributed by atoms with Crippen LogP contribution in [0, 0.1) is 5.41 Å². The average molecular weight is 295 g/mol. The molecule has 3 N–H and O–H groups in total. The molecule has 3 nitrogen and oxygen atoms in total. The summed E-state index contributed by atoms with van der Waals surface area (Å²) in [6, 6.07) is 5.90. The summed E-state index contributed by atoms with van der Waals surface area (Å²) in [6.45, 7) is 6.13. The number of rotatable bonds is 7. The molecule has 0 radical (unpaired) electrons. The zero-order chi connectivity index (χ0) is 14.6. The summed E-state index contributed by atoms with van der Waals surface area (Å²) in [6.07, 6.45) is 3.99. The summed E-state index contributed by atoms with van der Waals surface area (Å²) in [5.41, 5.74) is 2.29. The summed E-state index contributed by atoms with van der Waals surface area (Å²) < 4.78 is 0. The molecule has 20 heavy (non-hydrogen) atoms. The van der Waals surface area contributed by atoms with E-state index in [-0.39, 0.29) is 12.0 Å². The molecule has 0 spiro atoms. The summed E-state index contributed by atoms with van der Waals surface area (Å²) >= 11 is 5.99. The third-order valence-electron chi connectivity index (χ3n) is 4.38. The van der Waals surface area contributed by atoms with Gasteiger partial charge in [0.15, 0.2) is 0 Å². The predicted octanol–water partition coefficient (Wildman–Crippen LogP) is 3.71. The van der Waals surface area contributed by atoms with Crippen LogP contribution in [0.2, 0.25) is 5.02 Å². The average Bonchev–Trinajstić information content (AvgIpc) is 2.86. The molecule has 1 aromatic heterocycles. The first-order chi connectivity index (χ1) is 9.64. The zero-order valence-electron chi connectivity index (χ0n) is 12.2. The molecule has 0 aliphatic heterocycles. The maximum absolute atomic E-state index is 9.58. The number of fused-ring (bicyclic) bond motifs is 1. The first-order valence-corrected chi connectivity index (χ1v) is 7.59. The molecule has 2 aromatic rings. The highest BCUT2D eigenvalue weighted by Gasteiger charge is 2.24. The Bertz CT molecular complexity index is 552. The SMILES string of the molecule is CCC(CC)(CO)CNCc1c[nH]c2cc(Cl)ccc12. The van der Waals surface area contributed by atoms with Crippen LogP contribution < -0.4 is 5.32 Å². The fraction of sp³-hybridized carbons (Fsp3) is 0.500. The van der Waals surface area contributed by atoms with Gasteiger partial charge in [0.2, 0.25) is 0 Å². The number of hydrogen-bond acceptors (Lipinski definition) is 2. The van der Waals surface area contributed by atoms with E-state index >= 15 is 0 Å². The first-order valence-electron chi connectivity index (χ1n) is 7.21. The normalized spacial score (nSPS) is 12.2. The molecule has 1 aromatic carbocycles. The lowest BCUT2D eigenvalue weighted by molar-refractivity contribution is 0.113. The number of benzene rings is 1. The Kier molecular flexibility index (Phi) is 5.08. The Balaban J connectivity index is 2.03. The maximum atomic E-state index is 9.58. The molecule has 110 valence electrons. The third kappa shape index (κ3) is 3.17. The molecule has 0 unspecified atom stereocenters. The zero-order valence-corrected chi connectivity index (χ0v) is 12.9. The molecule has 0 amide bonds. The molecule has 0 fully saturated rings. The molecule has 0 atom stereocenters. The van der Waals surface area contributed by atoms with E-state index in [1.165, 1.54) is 10.9 Å². The second kappa shape index (κ2) is 6.61. The highest BCUT2D eigenvalue weighted by Crippen LogP contribution is 2.25. The van der Waals surface area contributed by atoms with Gasteiger partial charge >= 0.3 is 0 Å². The fourth-order valence-electron chi connectivity index (χ4n) is 2.55. The van der Waals surface area contributed by atoms with Crippen LogP contribution in [0.4, 0.5) is 0 Å². The van der Waals surface area contributed by atoms with Crippen molar-refractivity contribution >= 4 is 22.5 Å². The summed E-state index contributed by atoms with van der Waals surface area (Å²) in [4.78, 5) is 3.24. The molecule has 0 aliphatic rings. The van der Waals surface area contributed by atoms with Crippen LogP contribution in [0.1, 0.15) is 32.3 Å². The Labute approximate surface area is 125 Å². The lowest BCUT2D eigenvalue weighted by atomic mass is 9.83. The van der Waals surface area contributed by atoms with Gasteiger partial charge in [0.25, 0.3) is 0 Å². The van der Waals surface area contributed by atoms with Gasteiger partial charge in [0.05, 0.1) is 0 Å². The smallest absolute Gasteiger partial charge is 0.0499 e. The van der Waals surface area contributed by atoms with Gasteiger partial charge in [-0.1, -0.05) is 31.5 Å². The number of aliphatic hydroxyl groups is 1. The largest absolute Gasteiger partial charge is 0.396 e. The number of H-pyrrole nitrogens is 1. The van der Waals surface area contributed by atoms with Crippen molar-refractivity contribution in [3.05, 3.63) is 35.0 Å². The quantitative estimate of drug-likeness (QED) is 0.729. The Morgan fingerprint density at radius 2 is 2.05 bits per heavy atom. The molecular weight excluding hydrogens is 272 g/mol. The van der Waals surface area contributed by atoms with Crippen molar-refractivity contribution in [2.75, 3.05) is 13.2 Å². The number of halogens is 1. The second-order valence-corrected chi connectivity index (χ2v) is 5.91. The van der Waals surface area contributed by atoms with Gasteiger partial charge in [0, 0.05) is 47.2 Å². The van der Waals surface area contributed by atoms with Gasteiger partial charge in [-0.2, -0.15) is 0 Å². The Morgan fingerprint density at radius 3 is 2.70 bits per heavy atom. The number of aromatic amines is 1. The van der Waals surface area contributed by atoms with E-state index in [1.54, 1.807) is 0 Å². The van der Waals surface area contributed by atoms with Crippen molar-refractivity contribution in [2.24, 2.45) is 5.41 Å². The number of aromatic nitrogens is 1. The van der Waals surface area contributed by atoms with Crippen LogP contribution in [0.3, 0.4) is 0 Å². The summed E-state index contributed by atoms with van der Waals surface area (Å²) in [7, 11) is 0. The molecule has 0 saturated heterocycles. The van der Waals surface area contributed by atoms with Gasteiger partial charge in [-0.25, -0.2) is 0 Å². The lowest BCUT2D eigenvalue weighted by Gasteiger charge is -2.29. The van der Waals surface area contributed by atoms with Crippen LogP contribution in [-0.4, -0.2) is 23.2 Å². The van der Waals surface area contributed by atoms with Crippen LogP contribution in [0.5, 0.6) is 0 Å². The van der Waals surface area contributed by atoms with Crippen LogP contribution in [-0.2, 0) is 6.54 Å². The fourth-order valence-corrected chi connectivity index (χ4v) is 2.72. The van der Waals surface area contributed by atoms with Crippen LogP contribution in [0.25, 0.3) is 10.9 Å². The summed E-state index contributed by atoms with van der Waals surface area (Å²) in [5, 5.41) is 15.0. The standard InChI is InChI=1S/C16H23ClN2O/c1-3-16(4-2,11-20)10-18-8-12-9-19-15-7-13(17)5-6-14(12)15/h5-7,9,18-20H,3-4,8,10-11H2,1-2H3. The molecule has 0 bridgehead atoms. The molecule has 4 heteroatoms. The first kappa shape index (κ1) is 15.4. The second-order valence-electron chi connectivity index (χ2n) is 5.47. The van der Waals surface area contributed by atoms with E-state index in [1.807, 2.05) is 24.4 Å². The Morgan fingerprint density at radius 1 is 1.30 bits per heavy atom. The monoisotopic (exact) mass is 294 g/mol. The van der Waals surface area contributed by atoms with Crippen molar-refractivity contribution in [3.63, 3.8) is 0 Å². The third-order valence-corrected chi connectivity index (χ3v) is 4.62. The number of hydrogen-bond donors (Lipinski definition) is 3. The van der Waals surface area contributed by atoms with E-state index in [4.69, 9.17) is 11.6 Å². The van der Waals surface area contributed by atoms with Crippen molar-refractivity contribution in [3.8, 4) is 0 Å². The molecule has 0 aliphatic carbocycles. The molecular formula is C16H23ClN2O. The van der Waals surface area contributed by atoms with Gasteiger partial charge in [-0.3, -0.25) is 0 Å². The van der Waals surface area contributed by atoms with E-state index in [0.717, 1.165) is 36.5 Å². The van der Waals surface area contributed by atoms with Gasteiger partial charge in [-0.15, -0.1) is 0 Å². The minimum absolute atomic E-state index is 0.00454. The van der Waals surface area contributed by atoms with Crippen molar-refractivity contribution in [1.29, 1.82) is 0 Å². The van der Waals surface area contributed by atoms with E-state index < -0.39 is 0 Å². The number of aliphatic hydroxyl groups excluding tert-OH is 1. The van der Waals surface area contributed by atoms with Crippen molar-refractivity contribution < 1.29 is 5.11 Å². The van der Waals surface area contributed by atoms with Crippen molar-refractivity contribution in [1.82, 2.24) is 10.3 Å². The van der Waals surface area contributed by atoms with Crippen LogP contribution in [0.15, 0.2) is 24.4 Å². The highest BCUT2D eigenvalue weighted by molar-refractivity contribution is 6.31. The number of nitrogens with one attached hydrogen (secondary N) is 2. The molecule has 2 rings (SSSR count). The molecule has 1 heterocycles. The summed E-state index contributed by atoms with van der Waals surface area (Å²) in [5.74, 6) is 0. The highest BCUT2D eigenvalue weighted by atomic mass is 35.5. The van der Waals surface area contributed by atoms with Gasteiger partial charge in [-0.05, 0) is 30.5 Å². The van der Waals surface area contributed by atoms with E-state index in [9.17, 15) is 5.11 Å². The van der Waals surface area contributed by atoms with Gasteiger partial charge < -0.3 is 15.4 Å². The van der Waals surface area contributed by atoms with Crippen molar-refractivity contribution in [2.45, 2.75) is 33.2 Å². The minimum Gasteiger partial charge on any atom is -0.396 e. The minimum atomic E-state index is -0.00454. The molecule has 0 saturated carbocycles. The predicted molar refractivity (Wildman–Crippen MR) is 85.1 cm³/mol.